The lowest BCUT2D eigenvalue weighted by Crippen LogP contribution is -2.56. The molecule has 6 aromatic carbocycles. The minimum Gasteiger partial charge on any atom is -0.367 e. The molecule has 0 saturated heterocycles. The minimum atomic E-state index is 0.139. The molecular formula is C57H74N6. The minimum absolute atomic E-state index is 0.139. The van der Waals surface area contributed by atoms with Gasteiger partial charge in [-0.05, 0) is 167 Å². The topological polar surface area (TPSA) is 45.8 Å². The molecule has 6 aromatic rings. The van der Waals surface area contributed by atoms with Crippen LogP contribution in [0.5, 0.6) is 0 Å². The fourth-order valence-electron chi connectivity index (χ4n) is 9.26. The number of rotatable bonds is 23. The first kappa shape index (κ1) is 46.6. The van der Waals surface area contributed by atoms with Gasteiger partial charge in [-0.1, -0.05) is 96.1 Å². The molecule has 6 heteroatoms. The van der Waals surface area contributed by atoms with E-state index >= 15 is 0 Å². The van der Waals surface area contributed by atoms with E-state index in [2.05, 4.69) is 257 Å². The van der Waals surface area contributed by atoms with Crippen molar-refractivity contribution in [2.75, 3.05) is 43.7 Å². The molecule has 0 aliphatic carbocycles. The molecule has 0 saturated carbocycles. The Morgan fingerprint density at radius 3 is 0.889 bits per heavy atom. The van der Waals surface area contributed by atoms with Crippen LogP contribution in [-0.2, 0) is 0 Å². The molecule has 0 amide bonds. The van der Waals surface area contributed by atoms with Gasteiger partial charge in [0.1, 0.15) is 0 Å². The summed E-state index contributed by atoms with van der Waals surface area (Å²) >= 11 is 0. The van der Waals surface area contributed by atoms with Gasteiger partial charge in [-0.2, -0.15) is 0 Å². The molecular weight excluding hydrogens is 769 g/mol. The normalized spacial score (nSPS) is 13.3. The molecule has 3 atom stereocenters. The van der Waals surface area contributed by atoms with E-state index in [1.807, 2.05) is 0 Å². The van der Waals surface area contributed by atoms with Gasteiger partial charge < -0.3 is 30.7 Å². The Morgan fingerprint density at radius 1 is 0.317 bits per heavy atom. The van der Waals surface area contributed by atoms with Crippen molar-refractivity contribution in [1.29, 1.82) is 0 Å². The summed E-state index contributed by atoms with van der Waals surface area (Å²) < 4.78 is 0. The van der Waals surface area contributed by atoms with Crippen molar-refractivity contribution in [3.05, 3.63) is 164 Å². The molecule has 0 radical (unpaired) electrons. The van der Waals surface area contributed by atoms with Crippen LogP contribution in [0.3, 0.4) is 0 Å². The second-order valence-electron chi connectivity index (χ2n) is 18.9. The standard InChI is InChI=1S/C57H74N6/c1-42(2)37-45(7)61(54-31-25-51(26-32-54)58-48-19-13-10-14-20-48)40-57(63(47(9)39-44(5)6)56-35-29-53(30-36-56)60-50-23-17-12-18-24-50)41-62(46(8)38-43(3)4)55-33-27-52(28-34-55)59-49-21-15-11-16-22-49/h10-36,42-47,57-60H,37-41H2,1-9H3. The van der Waals surface area contributed by atoms with Crippen LogP contribution >= 0.6 is 0 Å². The van der Waals surface area contributed by atoms with Crippen LogP contribution < -0.4 is 30.7 Å². The highest BCUT2D eigenvalue weighted by atomic mass is 15.3. The van der Waals surface area contributed by atoms with Gasteiger partial charge in [-0.25, -0.2) is 0 Å². The number of benzene rings is 6. The first-order chi connectivity index (χ1) is 30.4. The monoisotopic (exact) mass is 843 g/mol. The predicted octanol–water partition coefficient (Wildman–Crippen LogP) is 15.4. The van der Waals surface area contributed by atoms with Gasteiger partial charge in [0, 0.05) is 82.4 Å². The Labute approximate surface area is 380 Å². The Hall–Kier alpha value is -5.88. The summed E-state index contributed by atoms with van der Waals surface area (Å²) in [5.41, 5.74) is 10.3. The molecule has 0 aliphatic heterocycles. The maximum Gasteiger partial charge on any atom is 0.0643 e. The Morgan fingerprint density at radius 2 is 0.587 bits per heavy atom. The second kappa shape index (κ2) is 23.0. The van der Waals surface area contributed by atoms with Gasteiger partial charge in [-0.3, -0.25) is 0 Å². The Kier molecular flexibility index (Phi) is 17.0. The van der Waals surface area contributed by atoms with Crippen molar-refractivity contribution in [3.63, 3.8) is 0 Å². The average Bonchev–Trinajstić information content (AvgIpc) is 3.26. The van der Waals surface area contributed by atoms with Crippen molar-refractivity contribution in [2.24, 2.45) is 17.8 Å². The van der Waals surface area contributed by atoms with Crippen LogP contribution in [0.2, 0.25) is 0 Å². The molecule has 6 nitrogen and oxygen atoms in total. The fraction of sp³-hybridized carbons (Fsp3) is 0.368. The number of para-hydroxylation sites is 3. The van der Waals surface area contributed by atoms with E-state index in [9.17, 15) is 0 Å². The number of nitrogens with zero attached hydrogens (tertiary/aromatic N) is 3. The van der Waals surface area contributed by atoms with Gasteiger partial charge in [0.05, 0.1) is 6.04 Å². The van der Waals surface area contributed by atoms with E-state index in [-0.39, 0.29) is 6.04 Å². The lowest BCUT2D eigenvalue weighted by Gasteiger charge is -2.46. The van der Waals surface area contributed by atoms with E-state index in [1.165, 1.54) is 17.1 Å². The number of nitrogens with one attached hydrogen (secondary N) is 3. The van der Waals surface area contributed by atoms with Crippen LogP contribution in [0, 0.1) is 17.8 Å². The van der Waals surface area contributed by atoms with Crippen molar-refractivity contribution >= 4 is 51.2 Å². The summed E-state index contributed by atoms with van der Waals surface area (Å²) in [4.78, 5) is 8.18. The van der Waals surface area contributed by atoms with E-state index in [0.717, 1.165) is 66.5 Å². The molecule has 332 valence electrons. The molecule has 0 aliphatic rings. The molecule has 3 N–H and O–H groups in total. The summed E-state index contributed by atoms with van der Waals surface area (Å²) in [5.74, 6) is 1.67. The third-order valence-corrected chi connectivity index (χ3v) is 11.9. The van der Waals surface area contributed by atoms with Gasteiger partial charge in [0.25, 0.3) is 0 Å². The molecule has 0 heterocycles. The predicted molar refractivity (Wildman–Crippen MR) is 276 cm³/mol. The van der Waals surface area contributed by atoms with E-state index < -0.39 is 0 Å². The van der Waals surface area contributed by atoms with Gasteiger partial charge in [0.15, 0.2) is 0 Å². The molecule has 0 spiro atoms. The van der Waals surface area contributed by atoms with Crippen LogP contribution in [-0.4, -0.2) is 37.3 Å². The van der Waals surface area contributed by atoms with Gasteiger partial charge in [0.2, 0.25) is 0 Å². The highest BCUT2D eigenvalue weighted by Crippen LogP contribution is 2.33. The van der Waals surface area contributed by atoms with Gasteiger partial charge >= 0.3 is 0 Å². The van der Waals surface area contributed by atoms with Crippen molar-refractivity contribution in [3.8, 4) is 0 Å². The SMILES string of the molecule is CC(C)CC(C)N(CC(CN(c1ccc(Nc2ccccc2)cc1)C(C)CC(C)C)N(c1ccc(Nc2ccccc2)cc1)C(C)CC(C)C)c1ccc(Nc2ccccc2)cc1. The largest absolute Gasteiger partial charge is 0.367 e. The van der Waals surface area contributed by atoms with E-state index in [1.54, 1.807) is 0 Å². The smallest absolute Gasteiger partial charge is 0.0643 e. The third kappa shape index (κ3) is 14.1. The zero-order chi connectivity index (χ0) is 44.7. The molecule has 0 aromatic heterocycles. The Bertz CT molecular complexity index is 2060. The maximum absolute atomic E-state index is 3.63. The number of anilines is 9. The zero-order valence-corrected chi connectivity index (χ0v) is 39.5. The summed E-state index contributed by atoms with van der Waals surface area (Å²) in [5, 5.41) is 10.9. The first-order valence-electron chi connectivity index (χ1n) is 23.5. The molecule has 3 unspecified atom stereocenters. The third-order valence-electron chi connectivity index (χ3n) is 11.9. The quantitative estimate of drug-likeness (QED) is 0.0597. The summed E-state index contributed by atoms with van der Waals surface area (Å²) in [6, 6.07) is 59.9. The molecule has 0 bridgehead atoms. The van der Waals surface area contributed by atoms with Crippen LogP contribution in [0.4, 0.5) is 51.2 Å². The van der Waals surface area contributed by atoms with Crippen molar-refractivity contribution in [1.82, 2.24) is 0 Å². The Balaban J connectivity index is 1.43. The zero-order valence-electron chi connectivity index (χ0n) is 39.5. The van der Waals surface area contributed by atoms with Crippen LogP contribution in [0.1, 0.15) is 81.6 Å². The molecule has 6 rings (SSSR count). The van der Waals surface area contributed by atoms with Crippen molar-refractivity contribution < 1.29 is 0 Å². The second-order valence-corrected chi connectivity index (χ2v) is 18.9. The molecule has 63 heavy (non-hydrogen) atoms. The lowest BCUT2D eigenvalue weighted by molar-refractivity contribution is 0.408. The van der Waals surface area contributed by atoms with Gasteiger partial charge in [-0.15, -0.1) is 0 Å². The number of hydrogen-bond acceptors (Lipinski definition) is 6. The first-order valence-corrected chi connectivity index (χ1v) is 23.5. The highest BCUT2D eigenvalue weighted by molar-refractivity contribution is 5.66. The van der Waals surface area contributed by atoms with Crippen LogP contribution in [0.15, 0.2) is 164 Å². The summed E-state index contributed by atoms with van der Waals surface area (Å²) in [6.45, 7) is 23.2. The fourth-order valence-corrected chi connectivity index (χ4v) is 9.26. The maximum atomic E-state index is 3.63. The van der Waals surface area contributed by atoms with E-state index in [4.69, 9.17) is 0 Å². The molecule has 0 fully saturated rings. The number of hydrogen-bond donors (Lipinski definition) is 3. The lowest BCUT2D eigenvalue weighted by atomic mass is 9.97. The van der Waals surface area contributed by atoms with Crippen LogP contribution in [0.25, 0.3) is 0 Å². The van der Waals surface area contributed by atoms with Crippen molar-refractivity contribution in [2.45, 2.75) is 106 Å². The van der Waals surface area contributed by atoms with E-state index in [0.29, 0.717) is 35.9 Å². The summed E-state index contributed by atoms with van der Waals surface area (Å²) in [7, 11) is 0. The summed E-state index contributed by atoms with van der Waals surface area (Å²) in [6.07, 6.45) is 3.28. The highest BCUT2D eigenvalue weighted by Gasteiger charge is 2.32. The average molecular weight is 843 g/mol.